The average Bonchev–Trinajstić information content (AvgIpc) is 3.01. The minimum atomic E-state index is 0.420. The second-order valence-corrected chi connectivity index (χ2v) is 6.74. The molecule has 0 fully saturated rings. The Hall–Kier alpha value is -1.64. The molecule has 0 spiro atoms. The van der Waals surface area contributed by atoms with Crippen LogP contribution in [0, 0.1) is 5.92 Å². The third kappa shape index (κ3) is 3.17. The first-order valence-corrected chi connectivity index (χ1v) is 8.37. The predicted molar refractivity (Wildman–Crippen MR) is 92.7 cm³/mol. The summed E-state index contributed by atoms with van der Waals surface area (Å²) in [5.74, 6) is 0.582. The Kier molecular flexibility index (Phi) is 4.37. The molecule has 1 aromatic heterocycles. The molecule has 0 saturated carbocycles. The van der Waals surface area contributed by atoms with E-state index in [1.54, 1.807) is 0 Å². The molecule has 1 nitrogen and oxygen atoms in total. The van der Waals surface area contributed by atoms with E-state index < -0.39 is 0 Å². The maximum Gasteiger partial charge on any atom is 0.0440 e. The minimum absolute atomic E-state index is 0.420. The lowest BCUT2D eigenvalue weighted by Gasteiger charge is -2.22. The molecule has 0 amide bonds. The quantitative estimate of drug-likeness (QED) is 0.665. The Balaban J connectivity index is 1.82. The standard InChI is InChI=1S/C19H21NS/c1-14(2)19(18-11-6-12-21-18)20-13-16-9-5-8-15-7-3-4-10-17(15)16/h3-12,14,19-20H,13H2,1-2H3. The molecular weight excluding hydrogens is 274 g/mol. The van der Waals surface area contributed by atoms with Crippen molar-refractivity contribution < 1.29 is 0 Å². The summed E-state index contributed by atoms with van der Waals surface area (Å²) in [6.45, 7) is 5.46. The van der Waals surface area contributed by atoms with Crippen molar-refractivity contribution >= 4 is 22.1 Å². The summed E-state index contributed by atoms with van der Waals surface area (Å²) in [6.07, 6.45) is 0. The summed E-state index contributed by atoms with van der Waals surface area (Å²) in [7, 11) is 0. The Morgan fingerprint density at radius 2 is 1.76 bits per heavy atom. The number of hydrogen-bond donors (Lipinski definition) is 1. The first-order valence-electron chi connectivity index (χ1n) is 7.49. The van der Waals surface area contributed by atoms with Crippen LogP contribution in [-0.2, 0) is 6.54 Å². The lowest BCUT2D eigenvalue weighted by atomic mass is 10.0. The smallest absolute Gasteiger partial charge is 0.0440 e. The molecule has 21 heavy (non-hydrogen) atoms. The normalized spacial score (nSPS) is 12.9. The zero-order valence-electron chi connectivity index (χ0n) is 12.5. The van der Waals surface area contributed by atoms with Gasteiger partial charge in [0.15, 0.2) is 0 Å². The Morgan fingerprint density at radius 3 is 2.52 bits per heavy atom. The van der Waals surface area contributed by atoms with Gasteiger partial charge in [0.25, 0.3) is 0 Å². The summed E-state index contributed by atoms with van der Waals surface area (Å²) in [5, 5.41) is 8.56. The maximum atomic E-state index is 3.74. The van der Waals surface area contributed by atoms with Crippen LogP contribution < -0.4 is 5.32 Å². The van der Waals surface area contributed by atoms with Crippen molar-refractivity contribution in [2.75, 3.05) is 0 Å². The van der Waals surface area contributed by atoms with Gasteiger partial charge in [-0.25, -0.2) is 0 Å². The summed E-state index contributed by atoms with van der Waals surface area (Å²) >= 11 is 1.84. The number of nitrogens with one attached hydrogen (secondary N) is 1. The summed E-state index contributed by atoms with van der Waals surface area (Å²) in [6, 6.07) is 19.9. The van der Waals surface area contributed by atoms with E-state index in [1.165, 1.54) is 21.2 Å². The largest absolute Gasteiger partial charge is 0.305 e. The van der Waals surface area contributed by atoms with Gasteiger partial charge in [-0.1, -0.05) is 62.4 Å². The number of thiophene rings is 1. The fourth-order valence-electron chi connectivity index (χ4n) is 2.80. The molecule has 1 N–H and O–H groups in total. The summed E-state index contributed by atoms with van der Waals surface area (Å²) in [4.78, 5) is 1.42. The molecule has 1 unspecified atom stereocenters. The molecule has 3 aromatic rings. The van der Waals surface area contributed by atoms with Gasteiger partial charge in [0.2, 0.25) is 0 Å². The Bertz CT molecular complexity index is 695. The van der Waals surface area contributed by atoms with Gasteiger partial charge in [0.1, 0.15) is 0 Å². The molecule has 2 aromatic carbocycles. The van der Waals surface area contributed by atoms with Crippen LogP contribution in [0.3, 0.4) is 0 Å². The van der Waals surface area contributed by atoms with Crippen LogP contribution in [-0.4, -0.2) is 0 Å². The highest BCUT2D eigenvalue weighted by Crippen LogP contribution is 2.27. The van der Waals surface area contributed by atoms with Gasteiger partial charge in [0.05, 0.1) is 0 Å². The van der Waals surface area contributed by atoms with Crippen LogP contribution in [0.4, 0.5) is 0 Å². The van der Waals surface area contributed by atoms with E-state index in [0.717, 1.165) is 6.54 Å². The number of benzene rings is 2. The molecule has 3 rings (SSSR count). The highest BCUT2D eigenvalue weighted by molar-refractivity contribution is 7.10. The van der Waals surface area contributed by atoms with E-state index in [9.17, 15) is 0 Å². The van der Waals surface area contributed by atoms with Gasteiger partial charge >= 0.3 is 0 Å². The molecule has 0 saturated heterocycles. The molecule has 1 heterocycles. The second-order valence-electron chi connectivity index (χ2n) is 5.76. The van der Waals surface area contributed by atoms with Crippen molar-refractivity contribution in [2.24, 2.45) is 5.92 Å². The molecule has 0 aliphatic rings. The number of hydrogen-bond acceptors (Lipinski definition) is 2. The van der Waals surface area contributed by atoms with Crippen LogP contribution in [0.15, 0.2) is 60.0 Å². The summed E-state index contributed by atoms with van der Waals surface area (Å²) < 4.78 is 0. The van der Waals surface area contributed by atoms with Gasteiger partial charge in [-0.05, 0) is 33.7 Å². The SMILES string of the molecule is CC(C)C(NCc1cccc2ccccc12)c1cccs1. The fourth-order valence-corrected chi connectivity index (χ4v) is 3.77. The predicted octanol–water partition coefficient (Wildman–Crippen LogP) is 5.39. The molecule has 0 bridgehead atoms. The monoisotopic (exact) mass is 295 g/mol. The highest BCUT2D eigenvalue weighted by atomic mass is 32.1. The Labute approximate surface area is 130 Å². The van der Waals surface area contributed by atoms with Crippen molar-refractivity contribution in [3.05, 3.63) is 70.4 Å². The average molecular weight is 295 g/mol. The van der Waals surface area contributed by atoms with Gasteiger partial charge in [0, 0.05) is 17.5 Å². The Morgan fingerprint density at radius 1 is 0.952 bits per heavy atom. The van der Waals surface area contributed by atoms with Crippen molar-refractivity contribution in [1.29, 1.82) is 0 Å². The van der Waals surface area contributed by atoms with Gasteiger partial charge in [-0.2, -0.15) is 0 Å². The lowest BCUT2D eigenvalue weighted by molar-refractivity contribution is 0.417. The van der Waals surface area contributed by atoms with Crippen LogP contribution in [0.1, 0.15) is 30.3 Å². The minimum Gasteiger partial charge on any atom is -0.305 e. The van der Waals surface area contributed by atoms with Gasteiger partial charge in [-0.15, -0.1) is 11.3 Å². The van der Waals surface area contributed by atoms with Crippen molar-refractivity contribution in [3.8, 4) is 0 Å². The molecule has 108 valence electrons. The first kappa shape index (κ1) is 14.3. The lowest BCUT2D eigenvalue weighted by Crippen LogP contribution is -2.24. The second kappa shape index (κ2) is 6.42. The molecule has 1 atom stereocenters. The van der Waals surface area contributed by atoms with E-state index >= 15 is 0 Å². The van der Waals surface area contributed by atoms with E-state index in [4.69, 9.17) is 0 Å². The van der Waals surface area contributed by atoms with Crippen LogP contribution in [0.2, 0.25) is 0 Å². The molecule has 0 aliphatic heterocycles. The zero-order chi connectivity index (χ0) is 14.7. The van der Waals surface area contributed by atoms with Gasteiger partial charge in [-0.3, -0.25) is 0 Å². The van der Waals surface area contributed by atoms with E-state index in [0.29, 0.717) is 12.0 Å². The number of fused-ring (bicyclic) bond motifs is 1. The van der Waals surface area contributed by atoms with Crippen molar-refractivity contribution in [2.45, 2.75) is 26.4 Å². The molecule has 2 heteroatoms. The third-order valence-electron chi connectivity index (χ3n) is 3.91. The fraction of sp³-hybridized carbons (Fsp3) is 0.263. The van der Waals surface area contributed by atoms with Gasteiger partial charge < -0.3 is 5.32 Å². The van der Waals surface area contributed by atoms with Crippen LogP contribution >= 0.6 is 11.3 Å². The highest BCUT2D eigenvalue weighted by Gasteiger charge is 2.16. The maximum absolute atomic E-state index is 3.74. The molecule has 0 aliphatic carbocycles. The van der Waals surface area contributed by atoms with Crippen molar-refractivity contribution in [1.82, 2.24) is 5.32 Å². The third-order valence-corrected chi connectivity index (χ3v) is 4.86. The van der Waals surface area contributed by atoms with E-state index in [-0.39, 0.29) is 0 Å². The first-order chi connectivity index (χ1) is 10.3. The molecule has 0 radical (unpaired) electrons. The number of rotatable bonds is 5. The van der Waals surface area contributed by atoms with Crippen LogP contribution in [0.25, 0.3) is 10.8 Å². The van der Waals surface area contributed by atoms with Crippen LogP contribution in [0.5, 0.6) is 0 Å². The van der Waals surface area contributed by atoms with Crippen molar-refractivity contribution in [3.63, 3.8) is 0 Å². The topological polar surface area (TPSA) is 12.0 Å². The van der Waals surface area contributed by atoms with E-state index in [2.05, 4.69) is 79.1 Å². The summed E-state index contributed by atoms with van der Waals surface area (Å²) in [5.41, 5.74) is 1.37. The molecular formula is C19H21NS. The van der Waals surface area contributed by atoms with E-state index in [1.807, 2.05) is 11.3 Å². The zero-order valence-corrected chi connectivity index (χ0v) is 13.4.